The molecule has 0 amide bonds. The molecule has 0 atom stereocenters. The van der Waals surface area contributed by atoms with Crippen LogP contribution in [0.5, 0.6) is 0 Å². The maximum atomic E-state index is 12.5. The van der Waals surface area contributed by atoms with Crippen molar-refractivity contribution in [1.29, 1.82) is 0 Å². The van der Waals surface area contributed by atoms with Crippen LogP contribution in [-0.4, -0.2) is 100 Å². The monoisotopic (exact) mass is 780 g/mol. The smallest absolute Gasteiger partial charge is 0.293 e. The standard InChI is InChI=1S/C21H26N4O.C18H22N4O.C3H5Br/c1-3-10-25-11-9-22-20(21(25)26)24-14-12-23(13-15-24)17-18(2)16-19-7-5-4-6-8-19;1-15(13-16-5-3-2-4-6-16)14-21-9-11-22(12-10-21)17-18(23)20-8-7-19-17;1-2-3-4/h3-9,11,16H,1,10,12-15,17H2,2H3;2-8,13H,9-12,14H2,1H3,(H,20,23);2H,1,3H2/b18-16+;15-13+;. The molecule has 11 heteroatoms. The summed E-state index contributed by atoms with van der Waals surface area (Å²) >= 11 is 3.13. The number of halogens is 1. The minimum Gasteiger partial charge on any atom is -0.349 e. The van der Waals surface area contributed by atoms with Crippen LogP contribution in [-0.2, 0) is 6.54 Å². The van der Waals surface area contributed by atoms with Gasteiger partial charge in [-0.15, -0.1) is 13.2 Å². The number of alkyl halides is 1. The van der Waals surface area contributed by atoms with Crippen molar-refractivity contribution < 1.29 is 0 Å². The van der Waals surface area contributed by atoms with Crippen LogP contribution in [0.15, 0.2) is 131 Å². The van der Waals surface area contributed by atoms with Crippen molar-refractivity contribution in [3.05, 3.63) is 154 Å². The van der Waals surface area contributed by atoms with E-state index in [1.54, 1.807) is 41.5 Å². The molecule has 0 saturated carbocycles. The molecule has 0 spiro atoms. The van der Waals surface area contributed by atoms with Crippen LogP contribution in [0.2, 0.25) is 0 Å². The Kier molecular flexibility index (Phi) is 17.2. The van der Waals surface area contributed by atoms with E-state index in [1.807, 2.05) is 12.1 Å². The minimum atomic E-state index is -0.110. The number of benzene rings is 2. The molecule has 1 N–H and O–H groups in total. The summed E-state index contributed by atoms with van der Waals surface area (Å²) in [6.07, 6.45) is 14.6. The Morgan fingerprint density at radius 3 is 1.64 bits per heavy atom. The fourth-order valence-electron chi connectivity index (χ4n) is 6.20. The predicted octanol–water partition coefficient (Wildman–Crippen LogP) is 6.22. The first kappa shape index (κ1) is 40.9. The highest BCUT2D eigenvalue weighted by Gasteiger charge is 2.21. The van der Waals surface area contributed by atoms with Crippen LogP contribution in [0, 0.1) is 0 Å². The second-order valence-corrected chi connectivity index (χ2v) is 13.7. The van der Waals surface area contributed by atoms with Crippen LogP contribution in [0.4, 0.5) is 11.6 Å². The van der Waals surface area contributed by atoms with E-state index in [0.29, 0.717) is 18.2 Å². The summed E-state index contributed by atoms with van der Waals surface area (Å²) in [7, 11) is 0. The Hall–Kier alpha value is -4.84. The number of hydrogen-bond acceptors (Lipinski definition) is 8. The van der Waals surface area contributed by atoms with Crippen LogP contribution in [0.25, 0.3) is 12.2 Å². The summed E-state index contributed by atoms with van der Waals surface area (Å²) < 4.78 is 1.65. The SMILES string of the molecule is C/C(=C\c1ccccc1)CN1CCN(c2ncc[nH]c2=O)CC1.C=CCBr.C=CCn1ccnc(N2CCN(C/C(C)=C/c3ccccc3)CC2)c1=O. The van der Waals surface area contributed by atoms with Crippen molar-refractivity contribution in [2.45, 2.75) is 20.4 Å². The predicted molar refractivity (Wildman–Crippen MR) is 225 cm³/mol. The first-order valence-corrected chi connectivity index (χ1v) is 19.2. The highest BCUT2D eigenvalue weighted by molar-refractivity contribution is 9.09. The molecule has 2 saturated heterocycles. The zero-order chi connectivity index (χ0) is 37.8. The molecule has 280 valence electrons. The van der Waals surface area contributed by atoms with Gasteiger partial charge in [0.15, 0.2) is 11.6 Å². The lowest BCUT2D eigenvalue weighted by Crippen LogP contribution is -2.49. The van der Waals surface area contributed by atoms with Crippen LogP contribution >= 0.6 is 15.9 Å². The summed E-state index contributed by atoms with van der Waals surface area (Å²) in [5, 5.41) is 0.896. The molecule has 2 aromatic carbocycles. The Balaban J connectivity index is 0.000000216. The maximum absolute atomic E-state index is 12.5. The van der Waals surface area contributed by atoms with Gasteiger partial charge < -0.3 is 19.4 Å². The fraction of sp³-hybridized carbons (Fsp3) is 0.333. The summed E-state index contributed by atoms with van der Waals surface area (Å²) in [6, 6.07) is 20.8. The van der Waals surface area contributed by atoms with Crippen molar-refractivity contribution in [3.8, 4) is 0 Å². The van der Waals surface area contributed by atoms with Gasteiger partial charge in [0.05, 0.1) is 0 Å². The zero-order valence-electron chi connectivity index (χ0n) is 31.1. The average Bonchev–Trinajstić information content (AvgIpc) is 3.18. The third-order valence-corrected chi connectivity index (χ3v) is 9.19. The molecule has 2 fully saturated rings. The van der Waals surface area contributed by atoms with Gasteiger partial charge in [0.2, 0.25) is 0 Å². The first-order chi connectivity index (χ1) is 25.8. The van der Waals surface area contributed by atoms with E-state index in [2.05, 4.69) is 138 Å². The number of aromatic nitrogens is 4. The van der Waals surface area contributed by atoms with E-state index in [4.69, 9.17) is 0 Å². The number of H-pyrrole nitrogens is 1. The van der Waals surface area contributed by atoms with E-state index in [-0.39, 0.29) is 11.1 Å². The van der Waals surface area contributed by atoms with E-state index in [9.17, 15) is 9.59 Å². The van der Waals surface area contributed by atoms with Crippen LogP contribution in [0.1, 0.15) is 25.0 Å². The number of anilines is 2. The van der Waals surface area contributed by atoms with Crippen LogP contribution in [0.3, 0.4) is 0 Å². The van der Waals surface area contributed by atoms with Crippen molar-refractivity contribution >= 4 is 39.7 Å². The van der Waals surface area contributed by atoms with Gasteiger partial charge in [-0.3, -0.25) is 19.4 Å². The summed E-state index contributed by atoms with van der Waals surface area (Å²) in [6.45, 7) is 20.9. The van der Waals surface area contributed by atoms with E-state index in [0.717, 1.165) is 70.8 Å². The Morgan fingerprint density at radius 2 is 1.19 bits per heavy atom. The van der Waals surface area contributed by atoms with Crippen molar-refractivity contribution in [2.75, 3.05) is 80.6 Å². The molecule has 0 bridgehead atoms. The van der Waals surface area contributed by atoms with E-state index in [1.165, 1.54) is 22.3 Å². The molecule has 0 aliphatic carbocycles. The van der Waals surface area contributed by atoms with Gasteiger partial charge in [0, 0.05) is 102 Å². The molecule has 2 aliphatic rings. The van der Waals surface area contributed by atoms with Gasteiger partial charge in [-0.05, 0) is 25.0 Å². The fourth-order valence-corrected chi connectivity index (χ4v) is 6.20. The maximum Gasteiger partial charge on any atom is 0.293 e. The van der Waals surface area contributed by atoms with Gasteiger partial charge in [-0.2, -0.15) is 0 Å². The number of allylic oxidation sites excluding steroid dienone is 2. The molecule has 4 heterocycles. The summed E-state index contributed by atoms with van der Waals surface area (Å²) in [5.74, 6) is 1.08. The molecule has 4 aromatic rings. The number of rotatable bonds is 11. The van der Waals surface area contributed by atoms with E-state index >= 15 is 0 Å². The Bertz CT molecular complexity index is 1870. The van der Waals surface area contributed by atoms with Gasteiger partial charge >= 0.3 is 0 Å². The Morgan fingerprint density at radius 1 is 0.717 bits per heavy atom. The normalized spacial score (nSPS) is 15.5. The molecule has 0 unspecified atom stereocenters. The highest BCUT2D eigenvalue weighted by Crippen LogP contribution is 2.14. The highest BCUT2D eigenvalue weighted by atomic mass is 79.9. The largest absolute Gasteiger partial charge is 0.349 e. The van der Waals surface area contributed by atoms with Gasteiger partial charge in [-0.25, -0.2) is 9.97 Å². The minimum absolute atomic E-state index is 0.0407. The molecule has 2 aliphatic heterocycles. The van der Waals surface area contributed by atoms with Gasteiger partial charge in [0.1, 0.15) is 0 Å². The lowest BCUT2D eigenvalue weighted by molar-refractivity contribution is 0.278. The van der Waals surface area contributed by atoms with Crippen LogP contribution < -0.4 is 20.9 Å². The lowest BCUT2D eigenvalue weighted by Gasteiger charge is -2.35. The quantitative estimate of drug-likeness (QED) is 0.142. The second kappa shape index (κ2) is 22.3. The lowest BCUT2D eigenvalue weighted by atomic mass is 10.1. The van der Waals surface area contributed by atoms with Crippen molar-refractivity contribution in [2.24, 2.45) is 0 Å². The van der Waals surface area contributed by atoms with Crippen molar-refractivity contribution in [1.82, 2.24) is 29.3 Å². The first-order valence-electron chi connectivity index (χ1n) is 18.1. The number of hydrogen-bond donors (Lipinski definition) is 1. The molecular formula is C42H53BrN8O2. The molecule has 2 aromatic heterocycles. The summed E-state index contributed by atoms with van der Waals surface area (Å²) in [4.78, 5) is 44.5. The van der Waals surface area contributed by atoms with E-state index < -0.39 is 0 Å². The molecule has 53 heavy (non-hydrogen) atoms. The zero-order valence-corrected chi connectivity index (χ0v) is 32.7. The van der Waals surface area contributed by atoms with Gasteiger partial charge in [0.25, 0.3) is 11.1 Å². The average molecular weight is 782 g/mol. The molecule has 6 rings (SSSR count). The topological polar surface area (TPSA) is 93.6 Å². The number of piperazine rings is 2. The van der Waals surface area contributed by atoms with Gasteiger partial charge in [-0.1, -0.05) is 112 Å². The Labute approximate surface area is 322 Å². The molecular weight excluding hydrogens is 728 g/mol. The number of nitrogens with one attached hydrogen (secondary N) is 1. The number of nitrogens with zero attached hydrogens (tertiary/aromatic N) is 7. The second-order valence-electron chi connectivity index (χ2n) is 13.0. The molecule has 0 radical (unpaired) electrons. The third kappa shape index (κ3) is 13.6. The third-order valence-electron chi connectivity index (χ3n) is 8.73. The van der Waals surface area contributed by atoms with Crippen molar-refractivity contribution in [3.63, 3.8) is 0 Å². The summed E-state index contributed by atoms with van der Waals surface area (Å²) in [5.41, 5.74) is 5.02. The molecule has 10 nitrogen and oxygen atoms in total. The number of aromatic amines is 1.